The third kappa shape index (κ3) is 5.38. The van der Waals surface area contributed by atoms with Crippen molar-refractivity contribution in [3.63, 3.8) is 0 Å². The minimum Gasteiger partial charge on any atom is -0.535 e. The van der Waals surface area contributed by atoms with Gasteiger partial charge < -0.3 is 4.43 Å². The highest BCUT2D eigenvalue weighted by molar-refractivity contribution is 6.80. The van der Waals surface area contributed by atoms with Gasteiger partial charge in [0.25, 0.3) is 9.04 Å². The predicted octanol–water partition coefficient (Wildman–Crippen LogP) is 3.46. The Morgan fingerprint density at radius 3 is 1.82 bits per heavy atom. The van der Waals surface area contributed by atoms with E-state index in [1.165, 1.54) is 10.4 Å². The Balaban J connectivity index is 2.13. The number of hydrogen-bond donors (Lipinski definition) is 0. The lowest BCUT2D eigenvalue weighted by Gasteiger charge is -2.15. The largest absolute Gasteiger partial charge is 0.535 e. The number of rotatable bonds is 5. The van der Waals surface area contributed by atoms with E-state index in [2.05, 4.69) is 81.6 Å². The molecule has 22 heavy (non-hydrogen) atoms. The Labute approximate surface area is 135 Å². The molecule has 0 N–H and O–H groups in total. The summed E-state index contributed by atoms with van der Waals surface area (Å²) >= 11 is 0. The van der Waals surface area contributed by atoms with E-state index < -0.39 is 9.04 Å². The van der Waals surface area contributed by atoms with Gasteiger partial charge in [0.1, 0.15) is 6.26 Å². The third-order valence-electron chi connectivity index (χ3n) is 3.15. The van der Waals surface area contributed by atoms with E-state index in [1.807, 2.05) is 24.3 Å². The minimum absolute atomic E-state index is 0.174. The summed E-state index contributed by atoms with van der Waals surface area (Å²) in [7, 11) is -1.71. The van der Waals surface area contributed by atoms with Crippen LogP contribution in [0.1, 0.15) is 20.8 Å². The lowest BCUT2D eigenvalue weighted by molar-refractivity contribution is 0.480. The smallest absolute Gasteiger partial charge is 0.299 e. The second-order valence-electron chi connectivity index (χ2n) is 6.33. The van der Waals surface area contributed by atoms with Crippen LogP contribution in [0.3, 0.4) is 0 Å². The first-order valence-corrected chi connectivity index (χ1v) is 9.21. The fourth-order valence-electron chi connectivity index (χ4n) is 2.07. The minimum atomic E-state index is -1.71. The maximum Gasteiger partial charge on any atom is 0.299 e. The SMILES string of the molecule is CC(C)(C)/C=C/C=[C]\O[SiH](c1ccccc1)c1ccccc1. The Morgan fingerprint density at radius 2 is 1.36 bits per heavy atom. The van der Waals surface area contributed by atoms with E-state index in [4.69, 9.17) is 4.43 Å². The summed E-state index contributed by atoms with van der Waals surface area (Å²) in [5.41, 5.74) is 0.174. The van der Waals surface area contributed by atoms with Gasteiger partial charge >= 0.3 is 0 Å². The van der Waals surface area contributed by atoms with Crippen LogP contribution in [-0.4, -0.2) is 9.04 Å². The van der Waals surface area contributed by atoms with E-state index in [9.17, 15) is 0 Å². The molecule has 2 heteroatoms. The highest BCUT2D eigenvalue weighted by Crippen LogP contribution is 2.14. The summed E-state index contributed by atoms with van der Waals surface area (Å²) in [4.78, 5) is 0. The molecule has 0 aromatic heterocycles. The molecule has 0 saturated heterocycles. The number of hydrogen-bond acceptors (Lipinski definition) is 1. The summed E-state index contributed by atoms with van der Waals surface area (Å²) in [6, 6.07) is 20.9. The molecule has 113 valence electrons. The van der Waals surface area contributed by atoms with Crippen LogP contribution in [0.25, 0.3) is 0 Å². The van der Waals surface area contributed by atoms with Gasteiger partial charge in [-0.05, 0) is 21.9 Å². The topological polar surface area (TPSA) is 9.23 Å². The van der Waals surface area contributed by atoms with E-state index in [-0.39, 0.29) is 5.41 Å². The molecular weight excluding hydrogens is 284 g/mol. The first kappa shape index (κ1) is 16.3. The van der Waals surface area contributed by atoms with Crippen molar-refractivity contribution in [3.8, 4) is 0 Å². The van der Waals surface area contributed by atoms with Crippen molar-refractivity contribution >= 4 is 19.4 Å². The lowest BCUT2D eigenvalue weighted by Crippen LogP contribution is -2.43. The first-order valence-electron chi connectivity index (χ1n) is 7.58. The summed E-state index contributed by atoms with van der Waals surface area (Å²) in [6.45, 7) is 6.51. The molecule has 0 heterocycles. The standard InChI is InChI=1S/C20H23OSi/c1-20(2,3)16-10-11-17-21-22(18-12-6-4-7-13-18)19-14-8-5-9-15-19/h4-16,22H,1-3H3/b16-10+,17-11?. The monoisotopic (exact) mass is 307 g/mol. The molecule has 0 aliphatic heterocycles. The Bertz CT molecular complexity index is 570. The fourth-order valence-corrected chi connectivity index (χ4v) is 4.08. The number of benzene rings is 2. The van der Waals surface area contributed by atoms with Gasteiger partial charge in [-0.25, -0.2) is 0 Å². The molecule has 0 spiro atoms. The van der Waals surface area contributed by atoms with Crippen LogP contribution in [0, 0.1) is 11.7 Å². The molecule has 2 rings (SSSR count). The molecule has 0 bridgehead atoms. The fraction of sp³-hybridized carbons (Fsp3) is 0.200. The van der Waals surface area contributed by atoms with Crippen molar-refractivity contribution in [1.29, 1.82) is 0 Å². The van der Waals surface area contributed by atoms with Crippen LogP contribution in [0.5, 0.6) is 0 Å². The molecule has 0 amide bonds. The van der Waals surface area contributed by atoms with Crippen molar-refractivity contribution in [3.05, 3.63) is 85.2 Å². The lowest BCUT2D eigenvalue weighted by atomic mass is 9.96. The molecule has 0 fully saturated rings. The van der Waals surface area contributed by atoms with Crippen molar-refractivity contribution < 1.29 is 4.43 Å². The normalized spacial score (nSPS) is 12.4. The van der Waals surface area contributed by atoms with Crippen LogP contribution in [0.2, 0.25) is 0 Å². The van der Waals surface area contributed by atoms with Gasteiger partial charge in [-0.1, -0.05) is 93.6 Å². The van der Waals surface area contributed by atoms with Crippen LogP contribution < -0.4 is 10.4 Å². The average Bonchev–Trinajstić information content (AvgIpc) is 2.51. The third-order valence-corrected chi connectivity index (χ3v) is 5.50. The number of allylic oxidation sites excluding steroid dienone is 3. The molecule has 1 nitrogen and oxygen atoms in total. The van der Waals surface area contributed by atoms with Crippen LogP contribution >= 0.6 is 0 Å². The summed E-state index contributed by atoms with van der Waals surface area (Å²) in [5, 5.41) is 2.52. The van der Waals surface area contributed by atoms with Crippen molar-refractivity contribution in [2.45, 2.75) is 20.8 Å². The highest BCUT2D eigenvalue weighted by atomic mass is 28.3. The molecule has 1 radical (unpaired) electrons. The zero-order valence-electron chi connectivity index (χ0n) is 13.5. The summed E-state index contributed by atoms with van der Waals surface area (Å²) < 4.78 is 6.01. The zero-order valence-corrected chi connectivity index (χ0v) is 14.6. The highest BCUT2D eigenvalue weighted by Gasteiger charge is 2.17. The average molecular weight is 307 g/mol. The molecular formula is C20H23OSi. The summed E-state index contributed by atoms with van der Waals surface area (Å²) in [5.74, 6) is 0. The molecule has 0 aliphatic carbocycles. The van der Waals surface area contributed by atoms with Crippen LogP contribution in [0.15, 0.2) is 78.9 Å². The van der Waals surface area contributed by atoms with E-state index >= 15 is 0 Å². The Hall–Kier alpha value is -2.06. The maximum atomic E-state index is 6.01. The molecule has 2 aromatic rings. The second-order valence-corrected chi connectivity index (χ2v) is 8.66. The Morgan fingerprint density at radius 1 is 0.864 bits per heavy atom. The van der Waals surface area contributed by atoms with Gasteiger partial charge in [0.05, 0.1) is 0 Å². The maximum absolute atomic E-state index is 6.01. The van der Waals surface area contributed by atoms with Crippen LogP contribution in [0.4, 0.5) is 0 Å². The van der Waals surface area contributed by atoms with Gasteiger partial charge in [-0.2, -0.15) is 0 Å². The molecule has 0 unspecified atom stereocenters. The molecule has 0 saturated carbocycles. The molecule has 2 aromatic carbocycles. The van der Waals surface area contributed by atoms with Crippen LogP contribution in [-0.2, 0) is 4.43 Å². The predicted molar refractivity (Wildman–Crippen MR) is 96.8 cm³/mol. The van der Waals surface area contributed by atoms with Crippen molar-refractivity contribution in [2.75, 3.05) is 0 Å². The van der Waals surface area contributed by atoms with Crippen molar-refractivity contribution in [2.24, 2.45) is 5.41 Å². The van der Waals surface area contributed by atoms with Gasteiger partial charge in [0.15, 0.2) is 0 Å². The molecule has 0 atom stereocenters. The van der Waals surface area contributed by atoms with Gasteiger partial charge in [0.2, 0.25) is 0 Å². The quantitative estimate of drug-likeness (QED) is 0.467. The van der Waals surface area contributed by atoms with Gasteiger partial charge in [-0.3, -0.25) is 0 Å². The summed E-state index contributed by atoms with van der Waals surface area (Å²) in [6.07, 6.45) is 9.01. The van der Waals surface area contributed by atoms with E-state index in [0.717, 1.165) is 0 Å². The van der Waals surface area contributed by atoms with Gasteiger partial charge in [0, 0.05) is 0 Å². The Kier molecular flexibility index (Phi) is 5.79. The van der Waals surface area contributed by atoms with E-state index in [0.29, 0.717) is 0 Å². The zero-order chi connectivity index (χ0) is 15.8. The molecule has 0 aliphatic rings. The van der Waals surface area contributed by atoms with E-state index in [1.54, 1.807) is 0 Å². The second kappa shape index (κ2) is 7.81. The first-order chi connectivity index (χ1) is 10.6. The van der Waals surface area contributed by atoms with Crippen molar-refractivity contribution in [1.82, 2.24) is 0 Å². The van der Waals surface area contributed by atoms with Gasteiger partial charge in [-0.15, -0.1) is 0 Å².